The number of rotatable bonds is 4. The summed E-state index contributed by atoms with van der Waals surface area (Å²) < 4.78 is 5.81. The van der Waals surface area contributed by atoms with E-state index in [4.69, 9.17) is 4.74 Å². The Morgan fingerprint density at radius 2 is 2.05 bits per heavy atom. The second-order valence-electron chi connectivity index (χ2n) is 5.32. The van der Waals surface area contributed by atoms with Gasteiger partial charge in [-0.05, 0) is 12.1 Å². The van der Waals surface area contributed by atoms with Gasteiger partial charge in [-0.15, -0.1) is 0 Å². The minimum absolute atomic E-state index is 0.0359. The van der Waals surface area contributed by atoms with Gasteiger partial charge in [-0.3, -0.25) is 14.5 Å². The van der Waals surface area contributed by atoms with Crippen LogP contribution in [0.4, 0.5) is 4.79 Å². The number of para-hydroxylation sites is 1. The van der Waals surface area contributed by atoms with Crippen LogP contribution < -0.4 is 10.1 Å². The van der Waals surface area contributed by atoms with Crippen LogP contribution in [0.2, 0.25) is 0 Å². The molecule has 0 spiro atoms. The molecule has 0 radical (unpaired) electrons. The van der Waals surface area contributed by atoms with Crippen LogP contribution in [0.15, 0.2) is 30.3 Å². The number of amides is 4. The summed E-state index contributed by atoms with van der Waals surface area (Å²) >= 11 is 0. The standard InChI is InChI=1S/C15H17N3O4/c19-13-8-16-15(21)18(13)10-14(20)17-7-6-12(9-17)22-11-4-2-1-3-5-11/h1-5,12H,6-10H2,(H,16,21). The van der Waals surface area contributed by atoms with E-state index in [1.54, 1.807) is 4.90 Å². The number of hydrogen-bond donors (Lipinski definition) is 1. The molecule has 2 aliphatic rings. The molecule has 2 fully saturated rings. The first-order chi connectivity index (χ1) is 10.6. The summed E-state index contributed by atoms with van der Waals surface area (Å²) in [6.45, 7) is 0.798. The molecule has 1 aromatic rings. The summed E-state index contributed by atoms with van der Waals surface area (Å²) in [4.78, 5) is 37.7. The maximum absolute atomic E-state index is 12.2. The molecule has 0 aromatic heterocycles. The third-order valence-electron chi connectivity index (χ3n) is 3.77. The molecule has 1 unspecified atom stereocenters. The number of nitrogens with zero attached hydrogens (tertiary/aromatic N) is 2. The normalized spacial score (nSPS) is 21.2. The first-order valence-electron chi connectivity index (χ1n) is 7.21. The molecule has 0 saturated carbocycles. The van der Waals surface area contributed by atoms with Gasteiger partial charge < -0.3 is 15.0 Å². The van der Waals surface area contributed by atoms with E-state index < -0.39 is 6.03 Å². The number of carbonyl (C=O) groups excluding carboxylic acids is 3. The molecular formula is C15H17N3O4. The van der Waals surface area contributed by atoms with E-state index in [0.717, 1.165) is 17.1 Å². The minimum Gasteiger partial charge on any atom is -0.489 e. The van der Waals surface area contributed by atoms with Gasteiger partial charge in [0.1, 0.15) is 18.4 Å². The third kappa shape index (κ3) is 3.03. The van der Waals surface area contributed by atoms with Crippen LogP contribution in [0.25, 0.3) is 0 Å². The number of likely N-dealkylation sites (tertiary alicyclic amines) is 1. The van der Waals surface area contributed by atoms with E-state index >= 15 is 0 Å². The molecule has 1 aromatic carbocycles. The third-order valence-corrected chi connectivity index (χ3v) is 3.77. The molecule has 2 saturated heterocycles. The largest absolute Gasteiger partial charge is 0.489 e. The van der Waals surface area contributed by atoms with Crippen molar-refractivity contribution in [3.63, 3.8) is 0 Å². The average Bonchev–Trinajstić information content (AvgIpc) is 3.10. The van der Waals surface area contributed by atoms with Gasteiger partial charge in [-0.2, -0.15) is 0 Å². The Kier molecular flexibility index (Phi) is 3.95. The number of urea groups is 1. The quantitative estimate of drug-likeness (QED) is 0.807. The van der Waals surface area contributed by atoms with Crippen LogP contribution in [0.5, 0.6) is 5.75 Å². The lowest BCUT2D eigenvalue weighted by Gasteiger charge is -2.19. The van der Waals surface area contributed by atoms with E-state index in [0.29, 0.717) is 13.1 Å². The lowest BCUT2D eigenvalue weighted by atomic mass is 10.3. The van der Waals surface area contributed by atoms with Crippen molar-refractivity contribution >= 4 is 17.8 Å². The topological polar surface area (TPSA) is 79.0 Å². The summed E-state index contributed by atoms with van der Waals surface area (Å²) in [6.07, 6.45) is 0.676. The number of benzene rings is 1. The maximum atomic E-state index is 12.2. The molecule has 3 rings (SSSR count). The number of carbonyl (C=O) groups is 3. The van der Waals surface area contributed by atoms with Gasteiger partial charge in [-0.25, -0.2) is 4.79 Å². The highest BCUT2D eigenvalue weighted by Crippen LogP contribution is 2.18. The number of nitrogens with one attached hydrogen (secondary N) is 1. The van der Waals surface area contributed by atoms with Gasteiger partial charge in [-0.1, -0.05) is 18.2 Å². The predicted molar refractivity (Wildman–Crippen MR) is 77.2 cm³/mol. The second kappa shape index (κ2) is 6.05. The summed E-state index contributed by atoms with van der Waals surface area (Å²) in [5.74, 6) is 0.176. The Morgan fingerprint density at radius 1 is 1.27 bits per heavy atom. The van der Waals surface area contributed by atoms with Crippen molar-refractivity contribution in [3.05, 3.63) is 30.3 Å². The SMILES string of the molecule is O=C(CN1C(=O)CNC1=O)N1CCC(Oc2ccccc2)C1. The minimum atomic E-state index is -0.505. The summed E-state index contributed by atoms with van der Waals surface area (Å²) in [6, 6.07) is 8.94. The molecule has 2 aliphatic heterocycles. The van der Waals surface area contributed by atoms with Crippen molar-refractivity contribution in [2.24, 2.45) is 0 Å². The van der Waals surface area contributed by atoms with Crippen LogP contribution in [0.1, 0.15) is 6.42 Å². The van der Waals surface area contributed by atoms with Crippen molar-refractivity contribution in [3.8, 4) is 5.75 Å². The molecule has 116 valence electrons. The van der Waals surface area contributed by atoms with Crippen LogP contribution in [0, 0.1) is 0 Å². The number of hydrogen-bond acceptors (Lipinski definition) is 4. The first kappa shape index (κ1) is 14.4. The summed E-state index contributed by atoms with van der Waals surface area (Å²) in [7, 11) is 0. The maximum Gasteiger partial charge on any atom is 0.325 e. The molecule has 0 bridgehead atoms. The second-order valence-corrected chi connectivity index (χ2v) is 5.32. The molecule has 7 heteroatoms. The van der Waals surface area contributed by atoms with Gasteiger partial charge in [0.25, 0.3) is 5.91 Å². The highest BCUT2D eigenvalue weighted by molar-refractivity contribution is 6.04. The van der Waals surface area contributed by atoms with Gasteiger partial charge in [0.2, 0.25) is 5.91 Å². The van der Waals surface area contributed by atoms with Gasteiger partial charge in [0.15, 0.2) is 0 Å². The Balaban J connectivity index is 1.53. The average molecular weight is 303 g/mol. The Labute approximate surface area is 127 Å². The zero-order chi connectivity index (χ0) is 15.5. The summed E-state index contributed by atoms with van der Waals surface area (Å²) in [5.41, 5.74) is 0. The zero-order valence-corrected chi connectivity index (χ0v) is 12.0. The van der Waals surface area contributed by atoms with Crippen molar-refractivity contribution in [2.45, 2.75) is 12.5 Å². The van der Waals surface area contributed by atoms with Crippen molar-refractivity contribution < 1.29 is 19.1 Å². The molecule has 2 heterocycles. The van der Waals surface area contributed by atoms with Crippen LogP contribution in [0.3, 0.4) is 0 Å². The van der Waals surface area contributed by atoms with E-state index in [-0.39, 0.29) is 31.0 Å². The van der Waals surface area contributed by atoms with Crippen LogP contribution >= 0.6 is 0 Å². The fraction of sp³-hybridized carbons (Fsp3) is 0.400. The highest BCUT2D eigenvalue weighted by atomic mass is 16.5. The van der Waals surface area contributed by atoms with Crippen molar-refractivity contribution in [2.75, 3.05) is 26.2 Å². The number of imide groups is 1. The van der Waals surface area contributed by atoms with Crippen LogP contribution in [-0.4, -0.2) is 59.9 Å². The lowest BCUT2D eigenvalue weighted by molar-refractivity contribution is -0.135. The number of ether oxygens (including phenoxy) is 1. The first-order valence-corrected chi connectivity index (χ1v) is 7.21. The Morgan fingerprint density at radius 3 is 2.73 bits per heavy atom. The molecular weight excluding hydrogens is 286 g/mol. The Bertz CT molecular complexity index is 574. The van der Waals surface area contributed by atoms with E-state index in [1.165, 1.54) is 0 Å². The van der Waals surface area contributed by atoms with Gasteiger partial charge in [0, 0.05) is 13.0 Å². The smallest absolute Gasteiger partial charge is 0.325 e. The van der Waals surface area contributed by atoms with E-state index in [1.807, 2.05) is 30.3 Å². The fourth-order valence-electron chi connectivity index (χ4n) is 2.59. The monoisotopic (exact) mass is 303 g/mol. The fourth-order valence-corrected chi connectivity index (χ4v) is 2.59. The van der Waals surface area contributed by atoms with Crippen molar-refractivity contribution in [1.29, 1.82) is 0 Å². The highest BCUT2D eigenvalue weighted by Gasteiger charge is 2.34. The lowest BCUT2D eigenvalue weighted by Crippen LogP contribution is -2.42. The Hall–Kier alpha value is -2.57. The molecule has 1 N–H and O–H groups in total. The van der Waals surface area contributed by atoms with E-state index in [2.05, 4.69) is 5.32 Å². The van der Waals surface area contributed by atoms with E-state index in [9.17, 15) is 14.4 Å². The van der Waals surface area contributed by atoms with Crippen LogP contribution in [-0.2, 0) is 9.59 Å². The molecule has 22 heavy (non-hydrogen) atoms. The van der Waals surface area contributed by atoms with Gasteiger partial charge in [0.05, 0.1) is 13.1 Å². The summed E-state index contributed by atoms with van der Waals surface area (Å²) in [5, 5.41) is 2.40. The zero-order valence-electron chi connectivity index (χ0n) is 12.0. The van der Waals surface area contributed by atoms with Gasteiger partial charge >= 0.3 is 6.03 Å². The molecule has 7 nitrogen and oxygen atoms in total. The predicted octanol–water partition coefficient (Wildman–Crippen LogP) is 0.218. The molecule has 1 atom stereocenters. The molecule has 0 aliphatic carbocycles. The van der Waals surface area contributed by atoms with Crippen molar-refractivity contribution in [1.82, 2.24) is 15.1 Å². The molecule has 4 amide bonds.